The Labute approximate surface area is 107 Å². The zero-order valence-corrected chi connectivity index (χ0v) is 10.9. The fraction of sp³-hybridized carbons (Fsp3) is 0.500. The molecule has 1 aromatic carbocycles. The molecule has 0 aliphatic heterocycles. The van der Waals surface area contributed by atoms with Crippen LogP contribution in [0.5, 0.6) is 0 Å². The smallest absolute Gasteiger partial charge is 0.254 e. The predicted molar refractivity (Wildman–Crippen MR) is 68.9 cm³/mol. The first-order valence-electron chi connectivity index (χ1n) is 6.31. The summed E-state index contributed by atoms with van der Waals surface area (Å²) in [5, 5.41) is 9.06. The van der Waals surface area contributed by atoms with Crippen molar-refractivity contribution in [2.75, 3.05) is 13.2 Å². The molecule has 1 aromatic rings. The van der Waals surface area contributed by atoms with E-state index in [2.05, 4.69) is 0 Å². The molecule has 0 atom stereocenters. The Bertz CT molecular complexity index is 374. The van der Waals surface area contributed by atoms with Gasteiger partial charge >= 0.3 is 0 Å². The van der Waals surface area contributed by atoms with Crippen LogP contribution in [0, 0.1) is 5.82 Å². The number of carbonyl (C=O) groups excluding carboxylic acids is 1. The lowest BCUT2D eigenvalue weighted by atomic mass is 10.1. The van der Waals surface area contributed by atoms with E-state index in [1.165, 1.54) is 24.3 Å². The lowest BCUT2D eigenvalue weighted by molar-refractivity contribution is 0.0622. The van der Waals surface area contributed by atoms with Crippen molar-refractivity contribution in [2.24, 2.45) is 0 Å². The molecule has 0 bridgehead atoms. The van der Waals surface area contributed by atoms with E-state index in [0.29, 0.717) is 12.1 Å². The van der Waals surface area contributed by atoms with E-state index in [1.54, 1.807) is 4.90 Å². The summed E-state index contributed by atoms with van der Waals surface area (Å²) in [5.74, 6) is -0.513. The van der Waals surface area contributed by atoms with Gasteiger partial charge in [-0.1, -0.05) is 13.8 Å². The fourth-order valence-electron chi connectivity index (χ4n) is 2.05. The van der Waals surface area contributed by atoms with Crippen molar-refractivity contribution < 1.29 is 14.3 Å². The van der Waals surface area contributed by atoms with E-state index in [9.17, 15) is 9.18 Å². The minimum atomic E-state index is -0.359. The Morgan fingerprint density at radius 2 is 1.83 bits per heavy atom. The van der Waals surface area contributed by atoms with Gasteiger partial charge in [0, 0.05) is 18.2 Å². The van der Waals surface area contributed by atoms with E-state index in [4.69, 9.17) is 5.11 Å². The minimum absolute atomic E-state index is 0.0660. The molecule has 0 aromatic heterocycles. The molecule has 0 saturated heterocycles. The number of rotatable bonds is 6. The number of hydrogen-bond donors (Lipinski definition) is 1. The van der Waals surface area contributed by atoms with Gasteiger partial charge < -0.3 is 10.0 Å². The summed E-state index contributed by atoms with van der Waals surface area (Å²) in [5.41, 5.74) is 0.455. The van der Waals surface area contributed by atoms with Gasteiger partial charge in [0.15, 0.2) is 0 Å². The molecule has 0 aliphatic carbocycles. The van der Waals surface area contributed by atoms with E-state index in [0.717, 1.165) is 12.8 Å². The van der Waals surface area contributed by atoms with Gasteiger partial charge in [-0.15, -0.1) is 0 Å². The standard InChI is InChI=1S/C14H20FNO2/c1-3-13(4-2)16(9-10-17)14(18)11-5-7-12(15)8-6-11/h5-8,13,17H,3-4,9-10H2,1-2H3. The van der Waals surface area contributed by atoms with Crippen molar-refractivity contribution >= 4 is 5.91 Å². The third-order valence-corrected chi connectivity index (χ3v) is 3.08. The molecule has 4 heteroatoms. The van der Waals surface area contributed by atoms with Crippen molar-refractivity contribution in [3.63, 3.8) is 0 Å². The van der Waals surface area contributed by atoms with Gasteiger partial charge in [-0.05, 0) is 37.1 Å². The third kappa shape index (κ3) is 3.53. The summed E-state index contributed by atoms with van der Waals surface area (Å²) < 4.78 is 12.8. The third-order valence-electron chi connectivity index (χ3n) is 3.08. The van der Waals surface area contributed by atoms with Gasteiger partial charge in [0.1, 0.15) is 5.82 Å². The number of aliphatic hydroxyl groups is 1. The maximum atomic E-state index is 12.8. The Balaban J connectivity index is 2.91. The Morgan fingerprint density at radius 3 is 2.28 bits per heavy atom. The average Bonchev–Trinajstić information content (AvgIpc) is 2.39. The summed E-state index contributed by atoms with van der Waals surface area (Å²) in [6.07, 6.45) is 1.67. The highest BCUT2D eigenvalue weighted by molar-refractivity contribution is 5.94. The van der Waals surface area contributed by atoms with Gasteiger partial charge in [0.2, 0.25) is 0 Å². The van der Waals surface area contributed by atoms with Crippen molar-refractivity contribution in [3.05, 3.63) is 35.6 Å². The molecule has 18 heavy (non-hydrogen) atoms. The van der Waals surface area contributed by atoms with Crippen LogP contribution in [0.15, 0.2) is 24.3 Å². The predicted octanol–water partition coefficient (Wildman–Crippen LogP) is 2.45. The van der Waals surface area contributed by atoms with Crippen molar-refractivity contribution in [2.45, 2.75) is 32.7 Å². The number of amides is 1. The topological polar surface area (TPSA) is 40.5 Å². The van der Waals surface area contributed by atoms with Crippen LogP contribution in [-0.4, -0.2) is 35.1 Å². The van der Waals surface area contributed by atoms with Gasteiger partial charge in [-0.2, -0.15) is 0 Å². The van der Waals surface area contributed by atoms with Crippen molar-refractivity contribution in [1.29, 1.82) is 0 Å². The molecule has 0 aliphatic rings. The molecular formula is C14H20FNO2. The van der Waals surface area contributed by atoms with Crippen LogP contribution >= 0.6 is 0 Å². The molecule has 0 spiro atoms. The molecule has 1 amide bonds. The van der Waals surface area contributed by atoms with Crippen LogP contribution in [0.3, 0.4) is 0 Å². The molecule has 1 N–H and O–H groups in total. The van der Waals surface area contributed by atoms with Gasteiger partial charge in [0.25, 0.3) is 5.91 Å². The summed E-state index contributed by atoms with van der Waals surface area (Å²) in [6.45, 7) is 4.26. The van der Waals surface area contributed by atoms with Crippen LogP contribution in [0.4, 0.5) is 4.39 Å². The Hall–Kier alpha value is -1.42. The van der Waals surface area contributed by atoms with Crippen LogP contribution < -0.4 is 0 Å². The van der Waals surface area contributed by atoms with Gasteiger partial charge in [-0.25, -0.2) is 4.39 Å². The zero-order valence-electron chi connectivity index (χ0n) is 10.9. The molecule has 0 unspecified atom stereocenters. The molecule has 0 heterocycles. The van der Waals surface area contributed by atoms with Gasteiger partial charge in [-0.3, -0.25) is 4.79 Å². The molecule has 0 saturated carbocycles. The lowest BCUT2D eigenvalue weighted by Gasteiger charge is -2.30. The van der Waals surface area contributed by atoms with E-state index in [-0.39, 0.29) is 24.4 Å². The lowest BCUT2D eigenvalue weighted by Crippen LogP contribution is -2.41. The average molecular weight is 253 g/mol. The Kier molecular flexibility index (Phi) is 5.78. The van der Waals surface area contributed by atoms with Crippen molar-refractivity contribution in [3.8, 4) is 0 Å². The largest absolute Gasteiger partial charge is 0.395 e. The Morgan fingerprint density at radius 1 is 1.28 bits per heavy atom. The maximum Gasteiger partial charge on any atom is 0.254 e. The second-order valence-corrected chi connectivity index (χ2v) is 4.20. The minimum Gasteiger partial charge on any atom is -0.395 e. The number of aliphatic hydroxyl groups excluding tert-OH is 1. The van der Waals surface area contributed by atoms with Crippen LogP contribution in [-0.2, 0) is 0 Å². The van der Waals surface area contributed by atoms with Crippen LogP contribution in [0.25, 0.3) is 0 Å². The molecule has 3 nitrogen and oxygen atoms in total. The molecular weight excluding hydrogens is 233 g/mol. The molecule has 100 valence electrons. The maximum absolute atomic E-state index is 12.8. The first-order valence-corrected chi connectivity index (χ1v) is 6.31. The number of halogens is 1. The normalized spacial score (nSPS) is 10.7. The fourth-order valence-corrected chi connectivity index (χ4v) is 2.05. The monoisotopic (exact) mass is 253 g/mol. The summed E-state index contributed by atoms with van der Waals surface area (Å²) in [4.78, 5) is 14.0. The van der Waals surface area contributed by atoms with Crippen LogP contribution in [0.2, 0.25) is 0 Å². The number of carbonyl (C=O) groups is 1. The number of hydrogen-bond acceptors (Lipinski definition) is 2. The summed E-state index contributed by atoms with van der Waals surface area (Å²) >= 11 is 0. The molecule has 0 radical (unpaired) electrons. The number of benzene rings is 1. The highest BCUT2D eigenvalue weighted by atomic mass is 19.1. The molecule has 1 rings (SSSR count). The van der Waals surface area contributed by atoms with Crippen LogP contribution in [0.1, 0.15) is 37.0 Å². The van der Waals surface area contributed by atoms with Crippen molar-refractivity contribution in [1.82, 2.24) is 4.90 Å². The van der Waals surface area contributed by atoms with E-state index < -0.39 is 0 Å². The highest BCUT2D eigenvalue weighted by Crippen LogP contribution is 2.14. The second kappa shape index (κ2) is 7.11. The van der Waals surface area contributed by atoms with E-state index >= 15 is 0 Å². The second-order valence-electron chi connectivity index (χ2n) is 4.20. The summed E-state index contributed by atoms with van der Waals surface area (Å²) in [7, 11) is 0. The molecule has 0 fully saturated rings. The number of nitrogens with zero attached hydrogens (tertiary/aromatic N) is 1. The highest BCUT2D eigenvalue weighted by Gasteiger charge is 2.21. The van der Waals surface area contributed by atoms with Gasteiger partial charge in [0.05, 0.1) is 6.61 Å². The quantitative estimate of drug-likeness (QED) is 0.846. The zero-order chi connectivity index (χ0) is 13.5. The first kappa shape index (κ1) is 14.6. The summed E-state index contributed by atoms with van der Waals surface area (Å²) in [6, 6.07) is 5.61. The van der Waals surface area contributed by atoms with E-state index in [1.807, 2.05) is 13.8 Å². The first-order chi connectivity index (χ1) is 8.63. The SMILES string of the molecule is CCC(CC)N(CCO)C(=O)c1ccc(F)cc1.